The van der Waals surface area contributed by atoms with Crippen molar-refractivity contribution in [1.82, 2.24) is 15.0 Å². The van der Waals surface area contributed by atoms with Crippen molar-refractivity contribution in [2.75, 3.05) is 6.54 Å². The lowest BCUT2D eigenvalue weighted by Crippen LogP contribution is -2.40. The van der Waals surface area contributed by atoms with Crippen LogP contribution in [0.1, 0.15) is 45.9 Å². The van der Waals surface area contributed by atoms with Gasteiger partial charge in [-0.2, -0.15) is 4.98 Å². The average Bonchev–Trinajstić information content (AvgIpc) is 3.31. The molecular formula is C19H26ClN3O. The van der Waals surface area contributed by atoms with E-state index in [1.54, 1.807) is 0 Å². The minimum Gasteiger partial charge on any atom is -0.339 e. The van der Waals surface area contributed by atoms with Crippen LogP contribution in [0.5, 0.6) is 0 Å². The van der Waals surface area contributed by atoms with Crippen LogP contribution in [0, 0.1) is 5.92 Å². The van der Waals surface area contributed by atoms with Crippen molar-refractivity contribution in [1.29, 1.82) is 0 Å². The van der Waals surface area contributed by atoms with Crippen LogP contribution in [0.2, 0.25) is 5.02 Å². The Balaban J connectivity index is 1.64. The molecule has 24 heavy (non-hydrogen) atoms. The number of rotatable bonds is 8. The molecule has 1 saturated carbocycles. The first-order chi connectivity index (χ1) is 11.6. The number of hydrogen-bond acceptors (Lipinski definition) is 4. The van der Waals surface area contributed by atoms with Crippen LogP contribution in [0.3, 0.4) is 0 Å². The molecule has 5 heteroatoms. The summed E-state index contributed by atoms with van der Waals surface area (Å²) >= 11 is 6.03. The van der Waals surface area contributed by atoms with Crippen molar-refractivity contribution in [3.63, 3.8) is 0 Å². The predicted molar refractivity (Wildman–Crippen MR) is 97.1 cm³/mol. The van der Waals surface area contributed by atoms with Gasteiger partial charge in [0.15, 0.2) is 0 Å². The normalized spacial score (nSPS) is 17.2. The van der Waals surface area contributed by atoms with Gasteiger partial charge in [0, 0.05) is 35.6 Å². The van der Waals surface area contributed by atoms with E-state index in [1.165, 1.54) is 19.3 Å². The lowest BCUT2D eigenvalue weighted by atomic mass is 9.99. The van der Waals surface area contributed by atoms with E-state index in [-0.39, 0.29) is 0 Å². The lowest BCUT2D eigenvalue weighted by molar-refractivity contribution is 0.147. The molecule has 0 radical (unpaired) electrons. The zero-order valence-electron chi connectivity index (χ0n) is 14.7. The quantitative estimate of drug-likeness (QED) is 0.685. The van der Waals surface area contributed by atoms with Gasteiger partial charge in [-0.15, -0.1) is 0 Å². The molecule has 1 fully saturated rings. The summed E-state index contributed by atoms with van der Waals surface area (Å²) in [5.41, 5.74) is 0.893. The Morgan fingerprint density at radius 1 is 1.33 bits per heavy atom. The zero-order chi connectivity index (χ0) is 17.1. The molecule has 2 atom stereocenters. The topological polar surface area (TPSA) is 42.2 Å². The van der Waals surface area contributed by atoms with E-state index >= 15 is 0 Å². The maximum atomic E-state index is 6.03. The molecule has 0 aliphatic heterocycles. The number of halogens is 1. The van der Waals surface area contributed by atoms with E-state index in [0.717, 1.165) is 24.6 Å². The second-order valence-electron chi connectivity index (χ2n) is 6.87. The Hall–Kier alpha value is -1.39. The minimum atomic E-state index is 0.595. The highest BCUT2D eigenvalue weighted by molar-refractivity contribution is 6.30. The molecule has 0 spiro atoms. The molecule has 0 saturated heterocycles. The number of aromatic nitrogens is 2. The summed E-state index contributed by atoms with van der Waals surface area (Å²) in [4.78, 5) is 7.16. The fourth-order valence-corrected chi connectivity index (χ4v) is 3.31. The van der Waals surface area contributed by atoms with E-state index in [9.17, 15) is 0 Å². The van der Waals surface area contributed by atoms with Crippen molar-refractivity contribution in [3.05, 3.63) is 35.2 Å². The van der Waals surface area contributed by atoms with Crippen molar-refractivity contribution in [3.8, 4) is 11.4 Å². The van der Waals surface area contributed by atoms with Gasteiger partial charge in [0.25, 0.3) is 0 Å². The van der Waals surface area contributed by atoms with Crippen molar-refractivity contribution < 1.29 is 4.52 Å². The monoisotopic (exact) mass is 347 g/mol. The molecule has 1 aromatic carbocycles. The van der Waals surface area contributed by atoms with Gasteiger partial charge in [0.2, 0.25) is 11.7 Å². The first kappa shape index (κ1) is 17.4. The zero-order valence-corrected chi connectivity index (χ0v) is 15.5. The van der Waals surface area contributed by atoms with Gasteiger partial charge in [-0.25, -0.2) is 0 Å². The van der Waals surface area contributed by atoms with Crippen LogP contribution in [-0.4, -0.2) is 33.7 Å². The van der Waals surface area contributed by atoms with Gasteiger partial charge in [-0.1, -0.05) is 49.2 Å². The third-order valence-electron chi connectivity index (χ3n) is 5.14. The molecule has 2 unspecified atom stereocenters. The van der Waals surface area contributed by atoms with Crippen LogP contribution in [0.15, 0.2) is 28.8 Å². The number of benzene rings is 1. The molecule has 4 nitrogen and oxygen atoms in total. The van der Waals surface area contributed by atoms with E-state index in [2.05, 4.69) is 35.8 Å². The third kappa shape index (κ3) is 4.17. The van der Waals surface area contributed by atoms with Gasteiger partial charge >= 0.3 is 0 Å². The first-order valence-corrected chi connectivity index (χ1v) is 9.30. The SMILES string of the molecule is CCC(C)C(C)N(CCc1nc(-c2cccc(Cl)c2)no1)C1CC1. The van der Waals surface area contributed by atoms with Crippen LogP contribution in [0.25, 0.3) is 11.4 Å². The molecule has 3 rings (SSSR count). The van der Waals surface area contributed by atoms with E-state index in [1.807, 2.05) is 24.3 Å². The van der Waals surface area contributed by atoms with Gasteiger partial charge in [-0.05, 0) is 37.8 Å². The standard InChI is InChI=1S/C19H26ClN3O/c1-4-13(2)14(3)23(17-8-9-17)11-10-18-21-19(22-24-18)15-6-5-7-16(20)12-15/h5-7,12-14,17H,4,8-11H2,1-3H3. The largest absolute Gasteiger partial charge is 0.339 e. The van der Waals surface area contributed by atoms with Crippen LogP contribution < -0.4 is 0 Å². The Bertz CT molecular complexity index is 668. The van der Waals surface area contributed by atoms with E-state index in [0.29, 0.717) is 28.7 Å². The van der Waals surface area contributed by atoms with Gasteiger partial charge in [-0.3, -0.25) is 4.90 Å². The molecule has 0 N–H and O–H groups in total. The van der Waals surface area contributed by atoms with Gasteiger partial charge in [0.05, 0.1) is 0 Å². The fourth-order valence-electron chi connectivity index (χ4n) is 3.12. The maximum Gasteiger partial charge on any atom is 0.228 e. The Morgan fingerprint density at radius 2 is 2.12 bits per heavy atom. The number of nitrogens with zero attached hydrogens (tertiary/aromatic N) is 3. The molecule has 2 aromatic rings. The summed E-state index contributed by atoms with van der Waals surface area (Å²) in [5, 5.41) is 4.78. The van der Waals surface area contributed by atoms with E-state index < -0.39 is 0 Å². The Labute approximate surface area is 149 Å². The summed E-state index contributed by atoms with van der Waals surface area (Å²) in [7, 11) is 0. The fraction of sp³-hybridized carbons (Fsp3) is 0.579. The molecule has 130 valence electrons. The van der Waals surface area contributed by atoms with Crippen molar-refractivity contribution >= 4 is 11.6 Å². The number of hydrogen-bond donors (Lipinski definition) is 0. The molecule has 1 aliphatic carbocycles. The average molecular weight is 348 g/mol. The summed E-state index contributed by atoms with van der Waals surface area (Å²) in [6.45, 7) is 7.93. The highest BCUT2D eigenvalue weighted by atomic mass is 35.5. The molecule has 1 aromatic heterocycles. The van der Waals surface area contributed by atoms with E-state index in [4.69, 9.17) is 16.1 Å². The highest BCUT2D eigenvalue weighted by Gasteiger charge is 2.33. The summed E-state index contributed by atoms with van der Waals surface area (Å²) in [6, 6.07) is 8.88. The Morgan fingerprint density at radius 3 is 2.79 bits per heavy atom. The van der Waals surface area contributed by atoms with Crippen molar-refractivity contribution in [2.45, 2.75) is 58.5 Å². The molecule has 0 bridgehead atoms. The predicted octanol–water partition coefficient (Wildman–Crippen LogP) is 4.83. The second-order valence-corrected chi connectivity index (χ2v) is 7.30. The van der Waals surface area contributed by atoms with Crippen molar-refractivity contribution in [2.24, 2.45) is 5.92 Å². The molecular weight excluding hydrogens is 322 g/mol. The van der Waals surface area contributed by atoms with Crippen LogP contribution in [0.4, 0.5) is 0 Å². The molecule has 1 aliphatic rings. The highest BCUT2D eigenvalue weighted by Crippen LogP contribution is 2.31. The van der Waals surface area contributed by atoms with Gasteiger partial charge in [0.1, 0.15) is 0 Å². The summed E-state index contributed by atoms with van der Waals surface area (Å²) in [5.74, 6) is 2.02. The molecule has 1 heterocycles. The first-order valence-electron chi connectivity index (χ1n) is 8.92. The molecule has 0 amide bonds. The van der Waals surface area contributed by atoms with Crippen LogP contribution in [-0.2, 0) is 6.42 Å². The second kappa shape index (κ2) is 7.66. The summed E-state index contributed by atoms with van der Waals surface area (Å²) in [6.07, 6.45) is 4.64. The maximum absolute atomic E-state index is 6.03. The minimum absolute atomic E-state index is 0.595. The lowest BCUT2D eigenvalue weighted by Gasteiger charge is -2.32. The smallest absolute Gasteiger partial charge is 0.228 e. The van der Waals surface area contributed by atoms with Crippen LogP contribution >= 0.6 is 11.6 Å². The third-order valence-corrected chi connectivity index (χ3v) is 5.38. The summed E-state index contributed by atoms with van der Waals surface area (Å²) < 4.78 is 5.45. The van der Waals surface area contributed by atoms with Gasteiger partial charge < -0.3 is 4.52 Å². The Kier molecular flexibility index (Phi) is 5.57.